The number of aliphatic hydroxyl groups excluding tert-OH is 1. The Balaban J connectivity index is 2.25. The normalized spacial score (nSPS) is 10.2. The van der Waals surface area contributed by atoms with Crippen LogP contribution >= 0.6 is 11.6 Å². The Morgan fingerprint density at radius 3 is 2.63 bits per heavy atom. The lowest BCUT2D eigenvalue weighted by molar-refractivity contribution is 0.0697. The number of hydrogen-bond acceptors (Lipinski definition) is 3. The highest BCUT2D eigenvalue weighted by molar-refractivity contribution is 6.32. The highest BCUT2D eigenvalue weighted by Crippen LogP contribution is 2.30. The molecule has 0 saturated heterocycles. The van der Waals surface area contributed by atoms with Crippen LogP contribution in [0.5, 0.6) is 11.5 Å². The predicted molar refractivity (Wildman–Crippen MR) is 70.9 cm³/mol. The largest absolute Gasteiger partial charge is 0.478 e. The molecule has 0 heterocycles. The first-order chi connectivity index (χ1) is 9.10. The molecule has 0 amide bonds. The van der Waals surface area contributed by atoms with Crippen molar-refractivity contribution in [2.45, 2.75) is 6.61 Å². The third kappa shape index (κ3) is 3.24. The van der Waals surface area contributed by atoms with E-state index in [-0.39, 0.29) is 17.2 Å². The Bertz CT molecular complexity index is 610. The second kappa shape index (κ2) is 5.73. The number of carboxylic acids is 1. The van der Waals surface area contributed by atoms with Gasteiger partial charge in [-0.1, -0.05) is 23.7 Å². The summed E-state index contributed by atoms with van der Waals surface area (Å²) < 4.78 is 5.55. The number of hydrogen-bond donors (Lipinski definition) is 2. The lowest BCUT2D eigenvalue weighted by Gasteiger charge is -2.09. The molecule has 98 valence electrons. The molecule has 0 aliphatic heterocycles. The minimum absolute atomic E-state index is 0.0805. The molecule has 0 unspecified atom stereocenters. The van der Waals surface area contributed by atoms with Crippen molar-refractivity contribution in [1.29, 1.82) is 0 Å². The van der Waals surface area contributed by atoms with E-state index in [1.807, 2.05) is 0 Å². The van der Waals surface area contributed by atoms with E-state index >= 15 is 0 Å². The number of rotatable bonds is 4. The van der Waals surface area contributed by atoms with Gasteiger partial charge in [0.2, 0.25) is 0 Å². The van der Waals surface area contributed by atoms with E-state index in [0.29, 0.717) is 11.5 Å². The number of aromatic carboxylic acids is 1. The van der Waals surface area contributed by atoms with Crippen LogP contribution in [-0.4, -0.2) is 16.2 Å². The highest BCUT2D eigenvalue weighted by atomic mass is 35.5. The van der Waals surface area contributed by atoms with Crippen molar-refractivity contribution in [3.63, 3.8) is 0 Å². The summed E-state index contributed by atoms with van der Waals surface area (Å²) in [5.41, 5.74) is 0.817. The van der Waals surface area contributed by atoms with Crippen LogP contribution < -0.4 is 4.74 Å². The third-order valence-electron chi connectivity index (χ3n) is 2.49. The van der Waals surface area contributed by atoms with Crippen LogP contribution in [0, 0.1) is 0 Å². The molecule has 0 radical (unpaired) electrons. The van der Waals surface area contributed by atoms with Crippen LogP contribution in [0.15, 0.2) is 42.5 Å². The Morgan fingerprint density at radius 1 is 1.21 bits per heavy atom. The number of benzene rings is 2. The van der Waals surface area contributed by atoms with Gasteiger partial charge in [0.25, 0.3) is 0 Å². The van der Waals surface area contributed by atoms with Gasteiger partial charge in [-0.05, 0) is 35.9 Å². The molecule has 0 atom stereocenters. The quantitative estimate of drug-likeness (QED) is 0.900. The van der Waals surface area contributed by atoms with Gasteiger partial charge >= 0.3 is 5.97 Å². The molecule has 0 saturated carbocycles. The molecule has 0 bridgehead atoms. The Morgan fingerprint density at radius 2 is 2.00 bits per heavy atom. The van der Waals surface area contributed by atoms with Crippen LogP contribution in [0.25, 0.3) is 0 Å². The molecule has 0 spiro atoms. The third-order valence-corrected chi connectivity index (χ3v) is 2.78. The summed E-state index contributed by atoms with van der Waals surface area (Å²) in [5.74, 6) is -0.158. The van der Waals surface area contributed by atoms with Crippen molar-refractivity contribution < 1.29 is 19.7 Å². The Kier molecular flexibility index (Phi) is 4.04. The monoisotopic (exact) mass is 278 g/mol. The van der Waals surface area contributed by atoms with E-state index in [0.717, 1.165) is 5.56 Å². The topological polar surface area (TPSA) is 66.8 Å². The van der Waals surface area contributed by atoms with Crippen LogP contribution in [0.2, 0.25) is 5.02 Å². The summed E-state index contributed by atoms with van der Waals surface area (Å²) in [4.78, 5) is 10.8. The SMILES string of the molecule is O=C(O)c1ccc(Oc2cccc(CO)c2)c(Cl)c1. The van der Waals surface area contributed by atoms with Crippen LogP contribution in [0.3, 0.4) is 0 Å². The minimum atomic E-state index is -1.05. The number of carboxylic acid groups (broad SMARTS) is 1. The summed E-state index contributed by atoms with van der Waals surface area (Å²) in [5, 5.41) is 18.1. The average Bonchev–Trinajstić information content (AvgIpc) is 2.41. The van der Waals surface area contributed by atoms with E-state index in [1.165, 1.54) is 18.2 Å². The highest BCUT2D eigenvalue weighted by Gasteiger charge is 2.08. The second-order valence-corrected chi connectivity index (χ2v) is 4.27. The summed E-state index contributed by atoms with van der Waals surface area (Å²) in [6, 6.07) is 11.2. The van der Waals surface area contributed by atoms with Gasteiger partial charge in [0.15, 0.2) is 0 Å². The molecule has 0 aliphatic rings. The van der Waals surface area contributed by atoms with Crippen LogP contribution in [0.1, 0.15) is 15.9 Å². The fraction of sp³-hybridized carbons (Fsp3) is 0.0714. The van der Waals surface area contributed by atoms with Crippen molar-refractivity contribution in [3.05, 3.63) is 58.6 Å². The maximum atomic E-state index is 10.8. The lowest BCUT2D eigenvalue weighted by atomic mass is 10.2. The number of halogens is 1. The fourth-order valence-electron chi connectivity index (χ4n) is 1.55. The number of carbonyl (C=O) groups is 1. The molecule has 2 aromatic carbocycles. The van der Waals surface area contributed by atoms with Crippen LogP contribution in [-0.2, 0) is 6.61 Å². The van der Waals surface area contributed by atoms with E-state index in [1.54, 1.807) is 24.3 Å². The molecule has 2 aromatic rings. The average molecular weight is 279 g/mol. The summed E-state index contributed by atoms with van der Waals surface area (Å²) >= 11 is 5.96. The van der Waals surface area contributed by atoms with Gasteiger partial charge in [0, 0.05) is 0 Å². The minimum Gasteiger partial charge on any atom is -0.478 e. The predicted octanol–water partition coefficient (Wildman–Crippen LogP) is 3.32. The molecule has 0 aliphatic carbocycles. The van der Waals surface area contributed by atoms with E-state index in [9.17, 15) is 4.79 Å². The first kappa shape index (κ1) is 13.4. The molecule has 5 heteroatoms. The van der Waals surface area contributed by atoms with Gasteiger partial charge in [-0.15, -0.1) is 0 Å². The maximum absolute atomic E-state index is 10.8. The van der Waals surface area contributed by atoms with Crippen molar-refractivity contribution in [1.82, 2.24) is 0 Å². The van der Waals surface area contributed by atoms with Gasteiger partial charge < -0.3 is 14.9 Å². The van der Waals surface area contributed by atoms with Crippen molar-refractivity contribution in [2.75, 3.05) is 0 Å². The van der Waals surface area contributed by atoms with Crippen molar-refractivity contribution in [2.24, 2.45) is 0 Å². The van der Waals surface area contributed by atoms with E-state index < -0.39 is 5.97 Å². The van der Waals surface area contributed by atoms with Gasteiger partial charge in [0.1, 0.15) is 11.5 Å². The maximum Gasteiger partial charge on any atom is 0.335 e. The van der Waals surface area contributed by atoms with Crippen molar-refractivity contribution in [3.8, 4) is 11.5 Å². The molecule has 0 fully saturated rings. The molecule has 4 nitrogen and oxygen atoms in total. The molecule has 0 aromatic heterocycles. The van der Waals surface area contributed by atoms with Gasteiger partial charge in [0.05, 0.1) is 17.2 Å². The Labute approximate surface area is 114 Å². The standard InChI is InChI=1S/C14H11ClO4/c15-12-7-10(14(17)18)4-5-13(12)19-11-3-1-2-9(6-11)8-16/h1-7,16H,8H2,(H,17,18). The summed E-state index contributed by atoms with van der Waals surface area (Å²) in [7, 11) is 0. The molecular weight excluding hydrogens is 268 g/mol. The first-order valence-electron chi connectivity index (χ1n) is 5.50. The molecule has 2 N–H and O–H groups in total. The van der Waals surface area contributed by atoms with E-state index in [4.69, 9.17) is 26.6 Å². The molecular formula is C14H11ClO4. The van der Waals surface area contributed by atoms with Gasteiger partial charge in [-0.25, -0.2) is 4.79 Å². The van der Waals surface area contributed by atoms with Gasteiger partial charge in [-0.2, -0.15) is 0 Å². The van der Waals surface area contributed by atoms with Gasteiger partial charge in [-0.3, -0.25) is 0 Å². The smallest absolute Gasteiger partial charge is 0.335 e. The lowest BCUT2D eigenvalue weighted by Crippen LogP contribution is -1.96. The zero-order valence-corrected chi connectivity index (χ0v) is 10.6. The Hall–Kier alpha value is -2.04. The first-order valence-corrected chi connectivity index (χ1v) is 5.88. The zero-order chi connectivity index (χ0) is 13.8. The molecule has 19 heavy (non-hydrogen) atoms. The molecule has 2 rings (SSSR count). The second-order valence-electron chi connectivity index (χ2n) is 3.86. The zero-order valence-electron chi connectivity index (χ0n) is 9.84. The van der Waals surface area contributed by atoms with Crippen molar-refractivity contribution >= 4 is 17.6 Å². The van der Waals surface area contributed by atoms with E-state index in [2.05, 4.69) is 0 Å². The van der Waals surface area contributed by atoms with Crippen LogP contribution in [0.4, 0.5) is 0 Å². The fourth-order valence-corrected chi connectivity index (χ4v) is 1.77. The summed E-state index contributed by atoms with van der Waals surface area (Å²) in [6.45, 7) is -0.0805. The number of ether oxygens (including phenoxy) is 1. The number of aliphatic hydroxyl groups is 1. The summed E-state index contributed by atoms with van der Waals surface area (Å²) in [6.07, 6.45) is 0.